The maximum Gasteiger partial charge on any atom is 0.220 e. The number of fused-ring (bicyclic) bond motifs is 1. The normalized spacial score (nSPS) is 17.6. The number of carbonyl (C=O) groups excluding carboxylic acids is 1. The third-order valence-corrected chi connectivity index (χ3v) is 12.5. The van der Waals surface area contributed by atoms with Crippen LogP contribution in [0.1, 0.15) is 74.5 Å². The second-order valence-electron chi connectivity index (χ2n) is 15.6. The number of halogens is 2. The van der Waals surface area contributed by atoms with Crippen molar-refractivity contribution >= 4 is 40.0 Å². The van der Waals surface area contributed by atoms with Gasteiger partial charge in [0.15, 0.2) is 0 Å². The fourth-order valence-corrected chi connectivity index (χ4v) is 9.15. The second kappa shape index (κ2) is 17.0. The highest BCUT2D eigenvalue weighted by Gasteiger charge is 2.30. The molecular formula is C45H51Cl2N5O3. The Morgan fingerprint density at radius 1 is 0.855 bits per heavy atom. The zero-order valence-corrected chi connectivity index (χ0v) is 33.4. The molecule has 3 aliphatic rings. The molecule has 3 fully saturated rings. The minimum atomic E-state index is 0.125. The summed E-state index contributed by atoms with van der Waals surface area (Å²) >= 11 is 14.3. The summed E-state index contributed by atoms with van der Waals surface area (Å²) in [5, 5.41) is 13.8. The number of aromatic nitrogens is 2. The van der Waals surface area contributed by atoms with Crippen LogP contribution in [-0.4, -0.2) is 60.0 Å². The molecule has 1 unspecified atom stereocenters. The van der Waals surface area contributed by atoms with E-state index in [1.54, 1.807) is 14.2 Å². The standard InChI is InChI=1S/C45H51Cl2N5O3/c1-54-42-21-30(16-17-31(42)23-48-24-34-18-19-44(53)50-34)36-10-6-12-38(45(36)47)37-11-7-13-41-39(37)25-49-52(41)28-32-22-43(55-2)33(20-40(32)46)27-51(26-29-14-15-29)35-8-4-3-5-9-35/h6-7,10-13,16-17,20-22,25,29,34-35,48H,3-5,8-9,14-15,18-19,23-24,26-28H2,1-2H3,(H,50,53). The van der Waals surface area contributed by atoms with E-state index in [0.717, 1.165) is 91.8 Å². The summed E-state index contributed by atoms with van der Waals surface area (Å²) in [6.45, 7) is 3.91. The lowest BCUT2D eigenvalue weighted by atomic mass is 9.93. The molecule has 0 radical (unpaired) electrons. The van der Waals surface area contributed by atoms with Gasteiger partial charge in [0.1, 0.15) is 11.5 Å². The number of rotatable bonds is 15. The van der Waals surface area contributed by atoms with E-state index in [0.29, 0.717) is 30.6 Å². The predicted molar refractivity (Wildman–Crippen MR) is 222 cm³/mol. The highest BCUT2D eigenvalue weighted by atomic mass is 35.5. The van der Waals surface area contributed by atoms with Gasteiger partial charge < -0.3 is 20.1 Å². The third kappa shape index (κ3) is 8.53. The van der Waals surface area contributed by atoms with Gasteiger partial charge in [-0.3, -0.25) is 14.4 Å². The molecule has 5 aromatic rings. The lowest BCUT2D eigenvalue weighted by Crippen LogP contribution is -2.37. The first-order valence-electron chi connectivity index (χ1n) is 19.9. The summed E-state index contributed by atoms with van der Waals surface area (Å²) in [4.78, 5) is 14.3. The first-order chi connectivity index (χ1) is 26.9. The van der Waals surface area contributed by atoms with Crippen LogP contribution >= 0.6 is 23.2 Å². The zero-order chi connectivity index (χ0) is 37.9. The Hall–Kier alpha value is -4.08. The molecule has 0 spiro atoms. The minimum Gasteiger partial charge on any atom is -0.496 e. The Labute approximate surface area is 334 Å². The molecule has 1 aliphatic heterocycles. The fraction of sp³-hybridized carbons (Fsp3) is 0.422. The van der Waals surface area contributed by atoms with Gasteiger partial charge in [0, 0.05) is 77.3 Å². The SMILES string of the molecule is COc1cc(-c2cccc(-c3cccc4c3cnn4Cc3cc(OC)c(CN(CC4CC4)C4CCCCC4)cc3Cl)c2Cl)ccc1CNCC1CCC(=O)N1. The molecule has 4 aromatic carbocycles. The topological polar surface area (TPSA) is 80.7 Å². The Kier molecular flexibility index (Phi) is 11.7. The van der Waals surface area contributed by atoms with Crippen LogP contribution in [0.25, 0.3) is 33.2 Å². The van der Waals surface area contributed by atoms with Crippen molar-refractivity contribution in [3.8, 4) is 33.8 Å². The van der Waals surface area contributed by atoms with E-state index < -0.39 is 0 Å². The van der Waals surface area contributed by atoms with Gasteiger partial charge in [-0.2, -0.15) is 5.10 Å². The van der Waals surface area contributed by atoms with Crippen molar-refractivity contribution in [2.24, 2.45) is 5.92 Å². The molecule has 8 nitrogen and oxygen atoms in total. The van der Waals surface area contributed by atoms with Crippen LogP contribution in [0.2, 0.25) is 10.0 Å². The lowest BCUT2D eigenvalue weighted by Gasteiger charge is -2.35. The molecule has 1 aromatic heterocycles. The predicted octanol–water partition coefficient (Wildman–Crippen LogP) is 9.66. The van der Waals surface area contributed by atoms with Crippen molar-refractivity contribution in [3.05, 3.63) is 99.7 Å². The van der Waals surface area contributed by atoms with Gasteiger partial charge in [-0.05, 0) is 79.0 Å². The van der Waals surface area contributed by atoms with E-state index in [-0.39, 0.29) is 11.9 Å². The monoisotopic (exact) mass is 779 g/mol. The van der Waals surface area contributed by atoms with E-state index in [1.807, 2.05) is 29.1 Å². The number of ether oxygens (including phenoxy) is 2. The number of hydrogen-bond donors (Lipinski definition) is 2. The van der Waals surface area contributed by atoms with Crippen LogP contribution in [0, 0.1) is 5.92 Å². The van der Waals surface area contributed by atoms with E-state index in [1.165, 1.54) is 51.5 Å². The smallest absolute Gasteiger partial charge is 0.220 e. The van der Waals surface area contributed by atoms with Gasteiger partial charge in [0.05, 0.1) is 37.5 Å². The first-order valence-corrected chi connectivity index (χ1v) is 20.6. The summed E-state index contributed by atoms with van der Waals surface area (Å²) in [6.07, 6.45) is 12.7. The molecule has 1 amide bonds. The van der Waals surface area contributed by atoms with Crippen LogP contribution in [0.4, 0.5) is 0 Å². The molecular weight excluding hydrogens is 729 g/mol. The van der Waals surface area contributed by atoms with Gasteiger partial charge >= 0.3 is 0 Å². The number of methoxy groups -OCH3 is 2. The van der Waals surface area contributed by atoms with Crippen molar-refractivity contribution in [2.45, 2.75) is 89.5 Å². The molecule has 2 N–H and O–H groups in total. The largest absolute Gasteiger partial charge is 0.496 e. The molecule has 8 rings (SSSR count). The molecule has 288 valence electrons. The highest BCUT2D eigenvalue weighted by Crippen LogP contribution is 2.41. The van der Waals surface area contributed by atoms with Crippen molar-refractivity contribution < 1.29 is 14.3 Å². The second-order valence-corrected chi connectivity index (χ2v) is 16.4. The van der Waals surface area contributed by atoms with Crippen LogP contribution in [0.15, 0.2) is 72.9 Å². The number of benzene rings is 4. The summed E-state index contributed by atoms with van der Waals surface area (Å²) < 4.78 is 13.8. The third-order valence-electron chi connectivity index (χ3n) is 11.8. The van der Waals surface area contributed by atoms with Gasteiger partial charge in [-0.1, -0.05) is 84.9 Å². The van der Waals surface area contributed by atoms with Crippen molar-refractivity contribution in [3.63, 3.8) is 0 Å². The quantitative estimate of drug-likeness (QED) is 0.110. The molecule has 2 aliphatic carbocycles. The molecule has 1 saturated heterocycles. The molecule has 55 heavy (non-hydrogen) atoms. The first kappa shape index (κ1) is 37.8. The van der Waals surface area contributed by atoms with Crippen LogP contribution in [0.3, 0.4) is 0 Å². The minimum absolute atomic E-state index is 0.125. The number of carbonyl (C=O) groups is 1. The highest BCUT2D eigenvalue weighted by molar-refractivity contribution is 6.36. The molecule has 1 atom stereocenters. The van der Waals surface area contributed by atoms with Crippen LogP contribution in [0.5, 0.6) is 11.5 Å². The number of nitrogens with zero attached hydrogens (tertiary/aromatic N) is 3. The Bertz CT molecular complexity index is 2160. The Morgan fingerprint density at radius 2 is 1.62 bits per heavy atom. The average Bonchev–Trinajstić information content (AvgIpc) is 3.79. The van der Waals surface area contributed by atoms with E-state index >= 15 is 0 Å². The maximum atomic E-state index is 11.6. The number of amides is 1. The number of nitrogens with one attached hydrogen (secondary N) is 2. The molecule has 2 saturated carbocycles. The molecule has 2 heterocycles. The van der Waals surface area contributed by atoms with Gasteiger partial charge in [0.2, 0.25) is 5.91 Å². The van der Waals surface area contributed by atoms with E-state index in [9.17, 15) is 4.79 Å². The molecule has 10 heteroatoms. The van der Waals surface area contributed by atoms with Crippen LogP contribution in [-0.2, 0) is 24.4 Å². The van der Waals surface area contributed by atoms with Gasteiger partial charge in [-0.25, -0.2) is 0 Å². The lowest BCUT2D eigenvalue weighted by molar-refractivity contribution is -0.119. The van der Waals surface area contributed by atoms with E-state index in [2.05, 4.69) is 64.1 Å². The maximum absolute atomic E-state index is 11.6. The Balaban J connectivity index is 1.02. The summed E-state index contributed by atoms with van der Waals surface area (Å²) in [7, 11) is 3.45. The van der Waals surface area contributed by atoms with Gasteiger partial charge in [0.25, 0.3) is 0 Å². The zero-order valence-electron chi connectivity index (χ0n) is 31.9. The van der Waals surface area contributed by atoms with E-state index in [4.69, 9.17) is 37.8 Å². The summed E-state index contributed by atoms with van der Waals surface area (Å²) in [5.41, 5.74) is 8.02. The molecule has 0 bridgehead atoms. The van der Waals surface area contributed by atoms with Crippen molar-refractivity contribution in [2.75, 3.05) is 27.3 Å². The fourth-order valence-electron chi connectivity index (χ4n) is 8.57. The van der Waals surface area contributed by atoms with Crippen molar-refractivity contribution in [1.82, 2.24) is 25.3 Å². The Morgan fingerprint density at radius 3 is 2.38 bits per heavy atom. The summed E-state index contributed by atoms with van der Waals surface area (Å²) in [6, 6.07) is 23.7. The van der Waals surface area contributed by atoms with Crippen molar-refractivity contribution in [1.29, 1.82) is 0 Å². The summed E-state index contributed by atoms with van der Waals surface area (Å²) in [5.74, 6) is 2.63. The number of hydrogen-bond acceptors (Lipinski definition) is 6. The van der Waals surface area contributed by atoms with Crippen LogP contribution < -0.4 is 20.1 Å². The average molecular weight is 781 g/mol. The van der Waals surface area contributed by atoms with Gasteiger partial charge in [-0.15, -0.1) is 0 Å².